The van der Waals surface area contributed by atoms with Crippen LogP contribution in [-0.2, 0) is 9.59 Å². The van der Waals surface area contributed by atoms with Gasteiger partial charge in [-0.1, -0.05) is 12.1 Å². The van der Waals surface area contributed by atoms with E-state index in [1.807, 2.05) is 29.2 Å². The minimum Gasteiger partial charge on any atom is -0.352 e. The molecule has 7 nitrogen and oxygen atoms in total. The topological polar surface area (TPSA) is 69.6 Å². The van der Waals surface area contributed by atoms with Gasteiger partial charge in [0.15, 0.2) is 0 Å². The molecule has 3 heterocycles. The van der Waals surface area contributed by atoms with Crippen LogP contribution >= 0.6 is 0 Å². The normalized spacial score (nSPS) is 20.8. The molecule has 0 unspecified atom stereocenters. The Hall–Kier alpha value is -2.70. The third-order valence-corrected chi connectivity index (χ3v) is 5.63. The van der Waals surface area contributed by atoms with E-state index in [9.17, 15) is 9.59 Å². The molecule has 0 bridgehead atoms. The smallest absolute Gasteiger partial charge is 0.227 e. The van der Waals surface area contributed by atoms with E-state index in [0.717, 1.165) is 49.2 Å². The highest BCUT2D eigenvalue weighted by molar-refractivity contribution is 5.89. The standard InChI is InChI=1S/C20H25N5O2/c1-15(26)25-8-4-5-16(13-25)20(27)24-11-9-23(10-12-24)19-17-6-2-3-7-18(17)21-14-22-19/h2-3,6-7,14,16H,4-5,8-13H2,1H3/t16-/m1/s1. The summed E-state index contributed by atoms with van der Waals surface area (Å²) in [6.45, 7) is 5.81. The molecular weight excluding hydrogens is 342 g/mol. The number of rotatable bonds is 2. The van der Waals surface area contributed by atoms with Crippen LogP contribution in [0.4, 0.5) is 5.82 Å². The summed E-state index contributed by atoms with van der Waals surface area (Å²) in [5, 5.41) is 1.05. The van der Waals surface area contributed by atoms with Gasteiger partial charge in [0, 0.05) is 51.6 Å². The first-order valence-electron chi connectivity index (χ1n) is 9.62. The first kappa shape index (κ1) is 17.7. The average Bonchev–Trinajstić information content (AvgIpc) is 2.73. The average molecular weight is 367 g/mol. The molecule has 2 amide bonds. The van der Waals surface area contributed by atoms with E-state index < -0.39 is 0 Å². The van der Waals surface area contributed by atoms with Crippen LogP contribution in [0, 0.1) is 5.92 Å². The lowest BCUT2D eigenvalue weighted by Gasteiger charge is -2.39. The van der Waals surface area contributed by atoms with E-state index in [0.29, 0.717) is 19.6 Å². The minimum atomic E-state index is -0.0610. The van der Waals surface area contributed by atoms with E-state index in [-0.39, 0.29) is 17.7 Å². The number of para-hydroxylation sites is 1. The number of carbonyl (C=O) groups is 2. The molecule has 27 heavy (non-hydrogen) atoms. The molecule has 7 heteroatoms. The first-order chi connectivity index (χ1) is 13.1. The summed E-state index contributed by atoms with van der Waals surface area (Å²) in [5.74, 6) is 1.13. The lowest BCUT2D eigenvalue weighted by Crippen LogP contribution is -2.53. The summed E-state index contributed by atoms with van der Waals surface area (Å²) < 4.78 is 0. The second kappa shape index (κ2) is 7.50. The van der Waals surface area contributed by atoms with Crippen LogP contribution in [0.1, 0.15) is 19.8 Å². The summed E-state index contributed by atoms with van der Waals surface area (Å²) in [4.78, 5) is 39.4. The number of nitrogens with zero attached hydrogens (tertiary/aromatic N) is 5. The highest BCUT2D eigenvalue weighted by Crippen LogP contribution is 2.25. The van der Waals surface area contributed by atoms with Crippen molar-refractivity contribution in [2.75, 3.05) is 44.2 Å². The molecule has 1 atom stereocenters. The van der Waals surface area contributed by atoms with Crippen molar-refractivity contribution in [3.8, 4) is 0 Å². The number of carbonyl (C=O) groups excluding carboxylic acids is 2. The molecule has 2 fully saturated rings. The van der Waals surface area contributed by atoms with Gasteiger partial charge in [0.2, 0.25) is 11.8 Å². The lowest BCUT2D eigenvalue weighted by molar-refractivity contribution is -0.140. The zero-order valence-electron chi connectivity index (χ0n) is 15.7. The summed E-state index contributed by atoms with van der Waals surface area (Å²) in [6, 6.07) is 8.01. The predicted octanol–water partition coefficient (Wildman–Crippen LogP) is 1.54. The number of fused-ring (bicyclic) bond motifs is 1. The number of benzene rings is 1. The van der Waals surface area contributed by atoms with Crippen molar-refractivity contribution in [1.29, 1.82) is 0 Å². The number of likely N-dealkylation sites (tertiary alicyclic amines) is 1. The highest BCUT2D eigenvalue weighted by Gasteiger charge is 2.32. The van der Waals surface area contributed by atoms with Gasteiger partial charge in [-0.2, -0.15) is 0 Å². The molecule has 0 aliphatic carbocycles. The SMILES string of the molecule is CC(=O)N1CCC[C@@H](C(=O)N2CCN(c3ncnc4ccccc34)CC2)C1. The minimum absolute atomic E-state index is 0.0610. The molecule has 1 aromatic carbocycles. The van der Waals surface area contributed by atoms with Crippen molar-refractivity contribution >= 4 is 28.5 Å². The maximum absolute atomic E-state index is 12.9. The van der Waals surface area contributed by atoms with Crippen molar-refractivity contribution in [3.05, 3.63) is 30.6 Å². The van der Waals surface area contributed by atoms with Gasteiger partial charge in [0.05, 0.1) is 11.4 Å². The van der Waals surface area contributed by atoms with Crippen LogP contribution in [0.5, 0.6) is 0 Å². The molecule has 2 aliphatic heterocycles. The summed E-state index contributed by atoms with van der Waals surface area (Å²) in [6.07, 6.45) is 3.38. The Kier molecular flexibility index (Phi) is 4.92. The Bertz CT molecular complexity index is 842. The Morgan fingerprint density at radius 1 is 1.00 bits per heavy atom. The molecule has 2 saturated heterocycles. The van der Waals surface area contributed by atoms with Crippen LogP contribution < -0.4 is 4.90 Å². The molecule has 0 spiro atoms. The zero-order chi connectivity index (χ0) is 18.8. The van der Waals surface area contributed by atoms with E-state index in [4.69, 9.17) is 0 Å². The molecule has 0 N–H and O–H groups in total. The summed E-state index contributed by atoms with van der Waals surface area (Å²) >= 11 is 0. The van der Waals surface area contributed by atoms with Gasteiger partial charge >= 0.3 is 0 Å². The number of piperidine rings is 1. The fourth-order valence-electron chi connectivity index (χ4n) is 4.10. The maximum Gasteiger partial charge on any atom is 0.227 e. The van der Waals surface area contributed by atoms with Crippen molar-refractivity contribution < 1.29 is 9.59 Å². The molecule has 1 aromatic heterocycles. The molecule has 0 saturated carbocycles. The number of anilines is 1. The lowest BCUT2D eigenvalue weighted by atomic mass is 9.96. The third-order valence-electron chi connectivity index (χ3n) is 5.63. The van der Waals surface area contributed by atoms with Crippen molar-refractivity contribution in [2.24, 2.45) is 5.92 Å². The summed E-state index contributed by atoms with van der Waals surface area (Å²) in [7, 11) is 0. The van der Waals surface area contributed by atoms with Crippen LogP contribution in [0.25, 0.3) is 10.9 Å². The first-order valence-corrected chi connectivity index (χ1v) is 9.62. The van der Waals surface area contributed by atoms with Gasteiger partial charge < -0.3 is 14.7 Å². The summed E-state index contributed by atoms with van der Waals surface area (Å²) in [5.41, 5.74) is 0.938. The quantitative estimate of drug-likeness (QED) is 0.805. The number of hydrogen-bond donors (Lipinski definition) is 0. The molecule has 2 aliphatic rings. The monoisotopic (exact) mass is 367 g/mol. The van der Waals surface area contributed by atoms with Crippen molar-refractivity contribution in [3.63, 3.8) is 0 Å². The maximum atomic E-state index is 12.9. The van der Waals surface area contributed by atoms with Gasteiger partial charge in [-0.15, -0.1) is 0 Å². The van der Waals surface area contributed by atoms with Gasteiger partial charge in [-0.3, -0.25) is 9.59 Å². The second-order valence-corrected chi connectivity index (χ2v) is 7.33. The Balaban J connectivity index is 1.41. The van der Waals surface area contributed by atoms with Gasteiger partial charge in [0.25, 0.3) is 0 Å². The fourth-order valence-corrected chi connectivity index (χ4v) is 4.10. The Morgan fingerprint density at radius 3 is 2.56 bits per heavy atom. The molecule has 142 valence electrons. The van der Waals surface area contributed by atoms with Crippen LogP contribution in [0.3, 0.4) is 0 Å². The second-order valence-electron chi connectivity index (χ2n) is 7.33. The van der Waals surface area contributed by atoms with Gasteiger partial charge in [0.1, 0.15) is 12.1 Å². The number of hydrogen-bond acceptors (Lipinski definition) is 5. The highest BCUT2D eigenvalue weighted by atomic mass is 16.2. The van der Waals surface area contributed by atoms with E-state index in [2.05, 4.69) is 14.9 Å². The van der Waals surface area contributed by atoms with Crippen LogP contribution in [0.2, 0.25) is 0 Å². The van der Waals surface area contributed by atoms with Crippen molar-refractivity contribution in [2.45, 2.75) is 19.8 Å². The van der Waals surface area contributed by atoms with Gasteiger partial charge in [-0.25, -0.2) is 9.97 Å². The Morgan fingerprint density at radius 2 is 1.78 bits per heavy atom. The van der Waals surface area contributed by atoms with Crippen molar-refractivity contribution in [1.82, 2.24) is 19.8 Å². The molecule has 2 aromatic rings. The molecule has 4 rings (SSSR count). The number of piperazine rings is 1. The zero-order valence-corrected chi connectivity index (χ0v) is 15.7. The Labute approximate surface area is 159 Å². The van der Waals surface area contributed by atoms with Crippen LogP contribution in [-0.4, -0.2) is 70.9 Å². The van der Waals surface area contributed by atoms with Crippen LogP contribution in [0.15, 0.2) is 30.6 Å². The van der Waals surface area contributed by atoms with E-state index in [1.165, 1.54) is 0 Å². The molecular formula is C20H25N5O2. The third kappa shape index (κ3) is 3.59. The number of amides is 2. The molecule has 0 radical (unpaired) electrons. The largest absolute Gasteiger partial charge is 0.352 e. The number of aromatic nitrogens is 2. The predicted molar refractivity (Wildman–Crippen MR) is 103 cm³/mol. The van der Waals surface area contributed by atoms with E-state index in [1.54, 1.807) is 18.2 Å². The fraction of sp³-hybridized carbons (Fsp3) is 0.500. The van der Waals surface area contributed by atoms with Gasteiger partial charge in [-0.05, 0) is 25.0 Å². The van der Waals surface area contributed by atoms with E-state index >= 15 is 0 Å².